The number of aromatic nitrogens is 2. The molecule has 1 N–H and O–H groups in total. The van der Waals surface area contributed by atoms with E-state index in [0.29, 0.717) is 11.4 Å². The Morgan fingerprint density at radius 1 is 1.57 bits per heavy atom. The number of fused-ring (bicyclic) bond motifs is 1. The zero-order valence-electron chi connectivity index (χ0n) is 7.47. The summed E-state index contributed by atoms with van der Waals surface area (Å²) in [5.41, 5.74) is 0.646. The molecule has 72 valence electrons. The van der Waals surface area contributed by atoms with Crippen LogP contribution in [0.4, 0.5) is 0 Å². The van der Waals surface area contributed by atoms with Crippen LogP contribution >= 0.6 is 0 Å². The summed E-state index contributed by atoms with van der Waals surface area (Å²) < 4.78 is 6.44. The third-order valence-electron chi connectivity index (χ3n) is 1.90. The van der Waals surface area contributed by atoms with Gasteiger partial charge in [0.15, 0.2) is 0 Å². The lowest BCUT2D eigenvalue weighted by Gasteiger charge is -1.94. The zero-order chi connectivity index (χ0) is 10.1. The van der Waals surface area contributed by atoms with E-state index in [1.807, 2.05) is 0 Å². The van der Waals surface area contributed by atoms with Gasteiger partial charge >= 0.3 is 5.97 Å². The molecule has 2 rings (SSSR count). The van der Waals surface area contributed by atoms with E-state index in [1.165, 1.54) is 11.5 Å². The molecule has 14 heavy (non-hydrogen) atoms. The summed E-state index contributed by atoms with van der Waals surface area (Å²) in [6, 6.07) is 5.28. The van der Waals surface area contributed by atoms with Gasteiger partial charge in [0.25, 0.3) is 0 Å². The van der Waals surface area contributed by atoms with E-state index in [1.54, 1.807) is 24.4 Å². The molecule has 0 saturated heterocycles. The number of imidazole rings is 1. The monoisotopic (exact) mass is 192 g/mol. The normalized spacial score (nSPS) is 10.4. The highest BCUT2D eigenvalue weighted by atomic mass is 16.5. The SMILES string of the molecule is COc1nc(C(=O)O)n2ccccc12. The fourth-order valence-electron chi connectivity index (χ4n) is 1.31. The summed E-state index contributed by atoms with van der Waals surface area (Å²) >= 11 is 0. The molecule has 0 aliphatic rings. The number of pyridine rings is 1. The molecule has 0 aliphatic heterocycles. The van der Waals surface area contributed by atoms with Crippen LogP contribution in [0.1, 0.15) is 10.6 Å². The van der Waals surface area contributed by atoms with Gasteiger partial charge in [-0.25, -0.2) is 4.79 Å². The van der Waals surface area contributed by atoms with Gasteiger partial charge in [0.1, 0.15) is 5.52 Å². The second-order valence-corrected chi connectivity index (χ2v) is 2.71. The van der Waals surface area contributed by atoms with E-state index in [-0.39, 0.29) is 5.82 Å². The molecule has 5 nitrogen and oxygen atoms in total. The van der Waals surface area contributed by atoms with Crippen molar-refractivity contribution in [1.82, 2.24) is 9.38 Å². The molecule has 0 spiro atoms. The largest absolute Gasteiger partial charge is 0.479 e. The van der Waals surface area contributed by atoms with Crippen LogP contribution in [-0.4, -0.2) is 27.6 Å². The predicted molar refractivity (Wildman–Crippen MR) is 48.7 cm³/mol. The van der Waals surface area contributed by atoms with Crippen LogP contribution in [0.3, 0.4) is 0 Å². The summed E-state index contributed by atoms with van der Waals surface area (Å²) in [7, 11) is 1.46. The van der Waals surface area contributed by atoms with Crippen molar-refractivity contribution < 1.29 is 14.6 Å². The highest BCUT2D eigenvalue weighted by Crippen LogP contribution is 2.19. The van der Waals surface area contributed by atoms with E-state index in [0.717, 1.165) is 0 Å². The first-order chi connectivity index (χ1) is 6.74. The maximum Gasteiger partial charge on any atom is 0.372 e. The number of rotatable bonds is 2. The molecule has 2 heterocycles. The van der Waals surface area contributed by atoms with E-state index in [9.17, 15) is 4.79 Å². The molecule has 0 aromatic carbocycles. The number of methoxy groups -OCH3 is 1. The summed E-state index contributed by atoms with van der Waals surface area (Å²) in [4.78, 5) is 14.7. The van der Waals surface area contributed by atoms with E-state index < -0.39 is 5.97 Å². The number of carbonyl (C=O) groups is 1. The van der Waals surface area contributed by atoms with Crippen molar-refractivity contribution >= 4 is 11.5 Å². The van der Waals surface area contributed by atoms with Crippen LogP contribution in [0.2, 0.25) is 0 Å². The average Bonchev–Trinajstić information content (AvgIpc) is 2.56. The van der Waals surface area contributed by atoms with Crippen LogP contribution in [-0.2, 0) is 0 Å². The molecular formula is C9H8N2O3. The van der Waals surface area contributed by atoms with Gasteiger partial charge in [-0.3, -0.25) is 4.40 Å². The number of aromatic carboxylic acids is 1. The smallest absolute Gasteiger partial charge is 0.372 e. The number of hydrogen-bond acceptors (Lipinski definition) is 3. The Balaban J connectivity index is 2.80. The third kappa shape index (κ3) is 1.10. The van der Waals surface area contributed by atoms with Crippen LogP contribution in [0.15, 0.2) is 24.4 Å². The predicted octanol–water partition coefficient (Wildman–Crippen LogP) is 1.04. The van der Waals surface area contributed by atoms with Gasteiger partial charge in [0.2, 0.25) is 11.7 Å². The molecule has 0 bridgehead atoms. The number of ether oxygens (including phenoxy) is 1. The Morgan fingerprint density at radius 2 is 2.36 bits per heavy atom. The minimum absolute atomic E-state index is 0.0440. The molecule has 2 aromatic rings. The van der Waals surface area contributed by atoms with Gasteiger partial charge in [-0.2, -0.15) is 4.98 Å². The highest BCUT2D eigenvalue weighted by molar-refractivity contribution is 5.86. The van der Waals surface area contributed by atoms with Crippen molar-refractivity contribution in [1.29, 1.82) is 0 Å². The van der Waals surface area contributed by atoms with E-state index in [2.05, 4.69) is 4.98 Å². The molecule has 0 fully saturated rings. The Kier molecular flexibility index (Phi) is 1.85. The molecule has 2 aromatic heterocycles. The second-order valence-electron chi connectivity index (χ2n) is 2.71. The number of nitrogens with zero attached hydrogens (tertiary/aromatic N) is 2. The first-order valence-electron chi connectivity index (χ1n) is 3.98. The fraction of sp³-hybridized carbons (Fsp3) is 0.111. The van der Waals surface area contributed by atoms with Crippen LogP contribution in [0.5, 0.6) is 5.88 Å². The Morgan fingerprint density at radius 3 is 3.00 bits per heavy atom. The van der Waals surface area contributed by atoms with Crippen LogP contribution < -0.4 is 4.74 Å². The number of carboxylic acids is 1. The lowest BCUT2D eigenvalue weighted by atomic mass is 10.4. The first kappa shape index (κ1) is 8.55. The molecule has 0 radical (unpaired) electrons. The molecular weight excluding hydrogens is 184 g/mol. The Labute approximate surface area is 79.6 Å². The van der Waals surface area contributed by atoms with Crippen molar-refractivity contribution in [2.75, 3.05) is 7.11 Å². The summed E-state index contributed by atoms with van der Waals surface area (Å²) in [6.45, 7) is 0. The van der Waals surface area contributed by atoms with Gasteiger partial charge in [0.05, 0.1) is 7.11 Å². The summed E-state index contributed by atoms with van der Waals surface area (Å²) in [6.07, 6.45) is 1.63. The maximum atomic E-state index is 10.8. The van der Waals surface area contributed by atoms with Gasteiger partial charge in [-0.1, -0.05) is 6.07 Å². The molecule has 0 unspecified atom stereocenters. The van der Waals surface area contributed by atoms with Crippen molar-refractivity contribution in [3.05, 3.63) is 30.2 Å². The summed E-state index contributed by atoms with van der Waals surface area (Å²) in [5, 5.41) is 8.85. The summed E-state index contributed by atoms with van der Waals surface area (Å²) in [5.74, 6) is -0.796. The number of carboxylic acid groups (broad SMARTS) is 1. The lowest BCUT2D eigenvalue weighted by molar-refractivity contribution is 0.0682. The fourth-order valence-corrected chi connectivity index (χ4v) is 1.31. The first-order valence-corrected chi connectivity index (χ1v) is 3.98. The van der Waals surface area contributed by atoms with Gasteiger partial charge < -0.3 is 9.84 Å². The van der Waals surface area contributed by atoms with E-state index >= 15 is 0 Å². The van der Waals surface area contributed by atoms with E-state index in [4.69, 9.17) is 9.84 Å². The van der Waals surface area contributed by atoms with Gasteiger partial charge in [-0.15, -0.1) is 0 Å². The molecule has 0 aliphatic carbocycles. The average molecular weight is 192 g/mol. The van der Waals surface area contributed by atoms with Crippen molar-refractivity contribution in [2.24, 2.45) is 0 Å². The Hall–Kier alpha value is -2.04. The minimum atomic E-state index is -1.07. The van der Waals surface area contributed by atoms with Gasteiger partial charge in [-0.05, 0) is 12.1 Å². The second kappa shape index (κ2) is 3.02. The maximum absolute atomic E-state index is 10.8. The standard InChI is InChI=1S/C9H8N2O3/c1-14-8-6-4-2-3-5-11(6)7(10-8)9(12)13/h2-5H,1H3,(H,12,13). The van der Waals surface area contributed by atoms with Crippen LogP contribution in [0.25, 0.3) is 5.52 Å². The minimum Gasteiger partial charge on any atom is -0.479 e. The molecule has 0 amide bonds. The molecule has 0 saturated carbocycles. The topological polar surface area (TPSA) is 63.8 Å². The van der Waals surface area contributed by atoms with Crippen molar-refractivity contribution in [2.45, 2.75) is 0 Å². The Bertz CT molecular complexity index is 490. The van der Waals surface area contributed by atoms with Crippen molar-refractivity contribution in [3.8, 4) is 5.88 Å². The quantitative estimate of drug-likeness (QED) is 0.772. The number of hydrogen-bond donors (Lipinski definition) is 1. The zero-order valence-corrected chi connectivity index (χ0v) is 7.47. The van der Waals surface area contributed by atoms with Gasteiger partial charge in [0, 0.05) is 6.20 Å². The third-order valence-corrected chi connectivity index (χ3v) is 1.90. The molecule has 5 heteroatoms. The highest BCUT2D eigenvalue weighted by Gasteiger charge is 2.15. The van der Waals surface area contributed by atoms with Crippen LogP contribution in [0, 0.1) is 0 Å². The lowest BCUT2D eigenvalue weighted by Crippen LogP contribution is -2.02. The van der Waals surface area contributed by atoms with Crippen molar-refractivity contribution in [3.63, 3.8) is 0 Å². The molecule has 0 atom stereocenters.